The van der Waals surface area contributed by atoms with Crippen molar-refractivity contribution in [2.45, 2.75) is 31.8 Å². The average molecular weight is 273 g/mol. The Labute approximate surface area is 118 Å². The van der Waals surface area contributed by atoms with E-state index in [-0.39, 0.29) is 18.6 Å². The number of anilines is 1. The van der Waals surface area contributed by atoms with Gasteiger partial charge in [0, 0.05) is 12.6 Å². The number of hydrogen-bond acceptors (Lipinski definition) is 4. The summed E-state index contributed by atoms with van der Waals surface area (Å²) in [5.74, 6) is -0.145. The molecule has 5 heteroatoms. The molecule has 1 fully saturated rings. The standard InChI is InChI=1S/C15H19N3O2/c1-11(18(8-9-19)13-6-7-13)15(20)17-14-5-3-2-4-12(14)10-16/h2-5,11,13,19H,6-9H2,1H3,(H,17,20). The maximum absolute atomic E-state index is 12.3. The Hall–Kier alpha value is -1.90. The van der Waals surface area contributed by atoms with Crippen molar-refractivity contribution in [3.63, 3.8) is 0 Å². The minimum Gasteiger partial charge on any atom is -0.395 e. The van der Waals surface area contributed by atoms with E-state index in [2.05, 4.69) is 11.4 Å². The Balaban J connectivity index is 2.05. The number of amides is 1. The first-order valence-corrected chi connectivity index (χ1v) is 6.84. The van der Waals surface area contributed by atoms with Gasteiger partial charge in [-0.05, 0) is 31.9 Å². The van der Waals surface area contributed by atoms with Gasteiger partial charge in [-0.25, -0.2) is 0 Å². The summed E-state index contributed by atoms with van der Waals surface area (Å²) in [6.45, 7) is 2.38. The highest BCUT2D eigenvalue weighted by Gasteiger charge is 2.34. The Bertz CT molecular complexity index is 520. The predicted octanol–water partition coefficient (Wildman–Crippen LogP) is 1.34. The second kappa shape index (κ2) is 6.51. The van der Waals surface area contributed by atoms with Gasteiger partial charge < -0.3 is 10.4 Å². The minimum atomic E-state index is -0.318. The maximum Gasteiger partial charge on any atom is 0.241 e. The second-order valence-electron chi connectivity index (χ2n) is 5.02. The van der Waals surface area contributed by atoms with Crippen LogP contribution in [0.15, 0.2) is 24.3 Å². The summed E-state index contributed by atoms with van der Waals surface area (Å²) in [6, 6.07) is 9.08. The molecule has 0 heterocycles. The van der Waals surface area contributed by atoms with E-state index >= 15 is 0 Å². The van der Waals surface area contributed by atoms with E-state index in [4.69, 9.17) is 10.4 Å². The van der Waals surface area contributed by atoms with Gasteiger partial charge in [0.15, 0.2) is 0 Å². The van der Waals surface area contributed by atoms with Crippen molar-refractivity contribution in [3.05, 3.63) is 29.8 Å². The maximum atomic E-state index is 12.3. The average Bonchev–Trinajstić information content (AvgIpc) is 3.29. The van der Waals surface area contributed by atoms with Crippen molar-refractivity contribution in [2.24, 2.45) is 0 Å². The molecule has 2 N–H and O–H groups in total. The van der Waals surface area contributed by atoms with Crippen LogP contribution in [0.2, 0.25) is 0 Å². The van der Waals surface area contributed by atoms with Crippen LogP contribution in [0.25, 0.3) is 0 Å². The number of nitriles is 1. The molecular weight excluding hydrogens is 254 g/mol. The van der Waals surface area contributed by atoms with Gasteiger partial charge in [0.05, 0.1) is 23.9 Å². The Kier molecular flexibility index (Phi) is 4.72. The number of aliphatic hydroxyl groups is 1. The number of nitrogens with one attached hydrogen (secondary N) is 1. The molecule has 20 heavy (non-hydrogen) atoms. The number of carbonyl (C=O) groups excluding carboxylic acids is 1. The predicted molar refractivity (Wildman–Crippen MR) is 76.1 cm³/mol. The molecule has 0 aliphatic heterocycles. The fourth-order valence-electron chi connectivity index (χ4n) is 2.29. The van der Waals surface area contributed by atoms with Crippen LogP contribution in [0.1, 0.15) is 25.3 Å². The van der Waals surface area contributed by atoms with E-state index in [0.717, 1.165) is 12.8 Å². The van der Waals surface area contributed by atoms with Crippen molar-refractivity contribution in [3.8, 4) is 6.07 Å². The van der Waals surface area contributed by atoms with Crippen LogP contribution in [-0.4, -0.2) is 41.1 Å². The molecule has 0 radical (unpaired) electrons. The van der Waals surface area contributed by atoms with Crippen molar-refractivity contribution in [1.29, 1.82) is 5.26 Å². The molecule has 106 valence electrons. The first kappa shape index (κ1) is 14.5. The SMILES string of the molecule is CC(C(=O)Nc1ccccc1C#N)N(CCO)C1CC1. The molecule has 0 saturated heterocycles. The summed E-state index contributed by atoms with van der Waals surface area (Å²) in [5.41, 5.74) is 0.986. The monoisotopic (exact) mass is 273 g/mol. The third kappa shape index (κ3) is 3.35. The molecule has 1 aromatic rings. The lowest BCUT2D eigenvalue weighted by Gasteiger charge is -2.27. The lowest BCUT2D eigenvalue weighted by molar-refractivity contribution is -0.121. The molecule has 1 aliphatic rings. The zero-order valence-corrected chi connectivity index (χ0v) is 11.5. The largest absolute Gasteiger partial charge is 0.395 e. The first-order valence-electron chi connectivity index (χ1n) is 6.84. The van der Waals surface area contributed by atoms with Crippen LogP contribution in [0.3, 0.4) is 0 Å². The number of rotatable bonds is 6. The molecule has 1 aliphatic carbocycles. The van der Waals surface area contributed by atoms with Gasteiger partial charge in [-0.2, -0.15) is 5.26 Å². The van der Waals surface area contributed by atoms with Crippen molar-refractivity contribution >= 4 is 11.6 Å². The molecule has 1 aromatic carbocycles. The van der Waals surface area contributed by atoms with Gasteiger partial charge in [0.25, 0.3) is 0 Å². The molecule has 1 saturated carbocycles. The van der Waals surface area contributed by atoms with Gasteiger partial charge in [-0.1, -0.05) is 12.1 Å². The molecular formula is C15H19N3O2. The van der Waals surface area contributed by atoms with Crippen LogP contribution >= 0.6 is 0 Å². The number of nitrogens with zero attached hydrogens (tertiary/aromatic N) is 2. The first-order chi connectivity index (χ1) is 9.67. The van der Waals surface area contributed by atoms with Crippen LogP contribution in [0.5, 0.6) is 0 Å². The number of para-hydroxylation sites is 1. The van der Waals surface area contributed by atoms with Crippen molar-refractivity contribution in [1.82, 2.24) is 4.90 Å². The molecule has 1 unspecified atom stereocenters. The summed E-state index contributed by atoms with van der Waals surface area (Å²) in [5, 5.41) is 20.9. The van der Waals surface area contributed by atoms with Gasteiger partial charge in [-0.3, -0.25) is 9.69 Å². The fraction of sp³-hybridized carbons (Fsp3) is 0.467. The van der Waals surface area contributed by atoms with Crippen LogP contribution in [0, 0.1) is 11.3 Å². The van der Waals surface area contributed by atoms with E-state index in [0.29, 0.717) is 23.8 Å². The third-order valence-corrected chi connectivity index (χ3v) is 3.56. The molecule has 0 spiro atoms. The number of hydrogen-bond donors (Lipinski definition) is 2. The summed E-state index contributed by atoms with van der Waals surface area (Å²) in [4.78, 5) is 14.3. The normalized spacial score (nSPS) is 15.7. The van der Waals surface area contributed by atoms with Gasteiger partial charge >= 0.3 is 0 Å². The fourth-order valence-corrected chi connectivity index (χ4v) is 2.29. The molecule has 0 aromatic heterocycles. The Morgan fingerprint density at radius 1 is 1.55 bits per heavy atom. The van der Waals surface area contributed by atoms with E-state index in [1.54, 1.807) is 24.3 Å². The molecule has 2 rings (SSSR count). The highest BCUT2D eigenvalue weighted by molar-refractivity contribution is 5.95. The van der Waals surface area contributed by atoms with E-state index < -0.39 is 0 Å². The zero-order chi connectivity index (χ0) is 14.5. The van der Waals surface area contributed by atoms with Crippen molar-refractivity contribution < 1.29 is 9.90 Å². The molecule has 1 atom stereocenters. The van der Waals surface area contributed by atoms with E-state index in [1.807, 2.05) is 11.8 Å². The summed E-state index contributed by atoms with van der Waals surface area (Å²) >= 11 is 0. The lowest BCUT2D eigenvalue weighted by atomic mass is 10.1. The number of carbonyl (C=O) groups is 1. The zero-order valence-electron chi connectivity index (χ0n) is 11.5. The highest BCUT2D eigenvalue weighted by atomic mass is 16.3. The second-order valence-corrected chi connectivity index (χ2v) is 5.02. The van der Waals surface area contributed by atoms with Crippen LogP contribution < -0.4 is 5.32 Å². The van der Waals surface area contributed by atoms with Gasteiger partial charge in [-0.15, -0.1) is 0 Å². The Morgan fingerprint density at radius 2 is 2.25 bits per heavy atom. The van der Waals surface area contributed by atoms with Crippen LogP contribution in [-0.2, 0) is 4.79 Å². The topological polar surface area (TPSA) is 76.4 Å². The molecule has 0 bridgehead atoms. The summed E-state index contributed by atoms with van der Waals surface area (Å²) in [6.07, 6.45) is 2.15. The third-order valence-electron chi connectivity index (χ3n) is 3.56. The summed E-state index contributed by atoms with van der Waals surface area (Å²) < 4.78 is 0. The highest BCUT2D eigenvalue weighted by Crippen LogP contribution is 2.28. The molecule has 5 nitrogen and oxygen atoms in total. The van der Waals surface area contributed by atoms with E-state index in [1.165, 1.54) is 0 Å². The Morgan fingerprint density at radius 3 is 2.85 bits per heavy atom. The minimum absolute atomic E-state index is 0.0445. The summed E-state index contributed by atoms with van der Waals surface area (Å²) in [7, 11) is 0. The lowest BCUT2D eigenvalue weighted by Crippen LogP contribution is -2.44. The smallest absolute Gasteiger partial charge is 0.241 e. The van der Waals surface area contributed by atoms with Crippen LogP contribution in [0.4, 0.5) is 5.69 Å². The molecule has 1 amide bonds. The van der Waals surface area contributed by atoms with Gasteiger partial charge in [0.1, 0.15) is 6.07 Å². The van der Waals surface area contributed by atoms with Crippen molar-refractivity contribution in [2.75, 3.05) is 18.5 Å². The number of benzene rings is 1. The quantitative estimate of drug-likeness (QED) is 0.820. The van der Waals surface area contributed by atoms with E-state index in [9.17, 15) is 4.79 Å². The van der Waals surface area contributed by atoms with Gasteiger partial charge in [0.2, 0.25) is 5.91 Å². The number of aliphatic hydroxyl groups excluding tert-OH is 1.